The Morgan fingerprint density at radius 3 is 2.52 bits per heavy atom. The molecular weight excluding hydrogens is 371 g/mol. The lowest BCUT2D eigenvalue weighted by atomic mass is 10.2. The van der Waals surface area contributed by atoms with E-state index in [0.29, 0.717) is 28.2 Å². The average molecular weight is 384 g/mol. The van der Waals surface area contributed by atoms with Crippen LogP contribution in [0.4, 0.5) is 4.39 Å². The van der Waals surface area contributed by atoms with E-state index in [1.807, 2.05) is 6.92 Å². The number of nitrogens with zero attached hydrogens (tertiary/aromatic N) is 6. The highest BCUT2D eigenvalue weighted by Gasteiger charge is 2.20. The molecule has 0 aliphatic rings. The van der Waals surface area contributed by atoms with E-state index >= 15 is 0 Å². The van der Waals surface area contributed by atoms with Gasteiger partial charge in [-0.1, -0.05) is 11.8 Å². The summed E-state index contributed by atoms with van der Waals surface area (Å²) in [5.74, 6) is 0.548. The fraction of sp³-hybridized carbons (Fsp3) is 0.118. The maximum atomic E-state index is 13.0. The smallest absolute Gasteiger partial charge is 0.247 e. The lowest BCUT2D eigenvalue weighted by molar-refractivity contribution is 0.475. The van der Waals surface area contributed by atoms with E-state index in [9.17, 15) is 9.50 Å². The topological polar surface area (TPSA) is 103 Å². The summed E-state index contributed by atoms with van der Waals surface area (Å²) in [6.07, 6.45) is 0. The molecule has 0 aliphatic heterocycles. The molecule has 27 heavy (non-hydrogen) atoms. The maximum absolute atomic E-state index is 13.0. The lowest BCUT2D eigenvalue weighted by Crippen LogP contribution is -2.00. The van der Waals surface area contributed by atoms with Crippen molar-refractivity contribution in [2.75, 3.05) is 0 Å². The molecule has 1 N–H and O–H groups in total. The van der Waals surface area contributed by atoms with Crippen molar-refractivity contribution >= 4 is 11.8 Å². The molecule has 2 aromatic heterocycles. The highest BCUT2D eigenvalue weighted by Crippen LogP contribution is 2.34. The Kier molecular flexibility index (Phi) is 4.55. The monoisotopic (exact) mass is 384 g/mol. The van der Waals surface area contributed by atoms with Crippen molar-refractivity contribution in [1.82, 2.24) is 30.4 Å². The first-order valence-corrected chi connectivity index (χ1v) is 8.82. The summed E-state index contributed by atoms with van der Waals surface area (Å²) in [6.45, 7) is 1.89. The zero-order chi connectivity index (χ0) is 18.8. The number of phenols is 1. The normalized spacial score (nSPS) is 12.2. The van der Waals surface area contributed by atoms with Crippen LogP contribution in [0.15, 0.2) is 58.1 Å². The molecule has 2 heterocycles. The van der Waals surface area contributed by atoms with Crippen molar-refractivity contribution in [3.05, 3.63) is 60.2 Å². The van der Waals surface area contributed by atoms with Crippen molar-refractivity contribution in [3.63, 3.8) is 0 Å². The molecule has 8 nitrogen and oxygen atoms in total. The van der Waals surface area contributed by atoms with Gasteiger partial charge in [0.1, 0.15) is 11.6 Å². The summed E-state index contributed by atoms with van der Waals surface area (Å²) in [4.78, 5) is 0. The van der Waals surface area contributed by atoms with Crippen LogP contribution in [0.5, 0.6) is 5.75 Å². The van der Waals surface area contributed by atoms with Crippen molar-refractivity contribution in [1.29, 1.82) is 0 Å². The number of benzene rings is 2. The lowest BCUT2D eigenvalue weighted by Gasteiger charge is -2.07. The fourth-order valence-electron chi connectivity index (χ4n) is 2.32. The molecule has 4 rings (SSSR count). The first-order chi connectivity index (χ1) is 13.1. The third kappa shape index (κ3) is 3.65. The van der Waals surface area contributed by atoms with Gasteiger partial charge in [-0.2, -0.15) is 4.68 Å². The number of phenolic OH excluding ortho intramolecular Hbond substituents is 1. The van der Waals surface area contributed by atoms with Crippen molar-refractivity contribution < 1.29 is 13.9 Å². The number of hydrogen-bond acceptors (Lipinski definition) is 8. The minimum Gasteiger partial charge on any atom is -0.508 e. The van der Waals surface area contributed by atoms with Crippen molar-refractivity contribution in [2.45, 2.75) is 17.3 Å². The van der Waals surface area contributed by atoms with Crippen LogP contribution in [-0.4, -0.2) is 35.5 Å². The molecule has 0 spiro atoms. The molecule has 0 saturated heterocycles. The summed E-state index contributed by atoms with van der Waals surface area (Å²) < 4.78 is 20.3. The number of tetrazole rings is 1. The summed E-state index contributed by atoms with van der Waals surface area (Å²) in [5, 5.41) is 29.5. The van der Waals surface area contributed by atoms with Crippen LogP contribution >= 0.6 is 11.8 Å². The predicted molar refractivity (Wildman–Crippen MR) is 94.8 cm³/mol. The molecule has 0 fully saturated rings. The third-order valence-corrected chi connectivity index (χ3v) is 4.72. The second-order valence-corrected chi connectivity index (χ2v) is 6.91. The Morgan fingerprint density at radius 2 is 1.78 bits per heavy atom. The summed E-state index contributed by atoms with van der Waals surface area (Å²) in [7, 11) is 0. The standard InChI is InChI=1S/C17H13FN6O2S/c1-10(15-19-20-16(26-15)11-2-4-12(18)5-3-11)27-17-21-22-23-24(17)13-6-8-14(25)9-7-13/h2-10,25H,1H3/t10-/m0/s1. The molecule has 0 bridgehead atoms. The quantitative estimate of drug-likeness (QED) is 0.522. The van der Waals surface area contributed by atoms with Crippen LogP contribution in [0.2, 0.25) is 0 Å². The molecule has 0 saturated carbocycles. The van der Waals surface area contributed by atoms with Crippen molar-refractivity contribution in [2.24, 2.45) is 0 Å². The van der Waals surface area contributed by atoms with E-state index in [1.54, 1.807) is 41.1 Å². The van der Waals surface area contributed by atoms with Crippen LogP contribution in [-0.2, 0) is 0 Å². The second kappa shape index (κ2) is 7.16. The number of aromatic nitrogens is 6. The Morgan fingerprint density at radius 1 is 1.04 bits per heavy atom. The van der Waals surface area contributed by atoms with Crippen LogP contribution in [0.1, 0.15) is 18.1 Å². The van der Waals surface area contributed by atoms with Crippen LogP contribution in [0, 0.1) is 5.82 Å². The van der Waals surface area contributed by atoms with Gasteiger partial charge in [-0.15, -0.1) is 15.3 Å². The molecule has 1 atom stereocenters. The van der Waals surface area contributed by atoms with E-state index in [2.05, 4.69) is 25.7 Å². The molecule has 10 heteroatoms. The van der Waals surface area contributed by atoms with Gasteiger partial charge >= 0.3 is 0 Å². The average Bonchev–Trinajstić information content (AvgIpc) is 3.33. The number of thioether (sulfide) groups is 1. The molecule has 0 aliphatic carbocycles. The van der Waals surface area contributed by atoms with Gasteiger partial charge in [-0.3, -0.25) is 0 Å². The van der Waals surface area contributed by atoms with Gasteiger partial charge in [-0.25, -0.2) is 4.39 Å². The van der Waals surface area contributed by atoms with E-state index in [-0.39, 0.29) is 16.8 Å². The SMILES string of the molecule is C[C@H](Sc1nnnn1-c1ccc(O)cc1)c1nnc(-c2ccc(F)cc2)o1. The Balaban J connectivity index is 1.54. The Hall–Kier alpha value is -3.27. The van der Waals surface area contributed by atoms with Crippen LogP contribution in [0.25, 0.3) is 17.1 Å². The van der Waals surface area contributed by atoms with E-state index < -0.39 is 0 Å². The minimum absolute atomic E-state index is 0.161. The van der Waals surface area contributed by atoms with Crippen LogP contribution in [0.3, 0.4) is 0 Å². The number of aromatic hydroxyl groups is 1. The van der Waals surface area contributed by atoms with E-state index in [0.717, 1.165) is 0 Å². The molecular formula is C17H13FN6O2S. The van der Waals surface area contributed by atoms with Crippen LogP contribution < -0.4 is 0 Å². The summed E-state index contributed by atoms with van der Waals surface area (Å²) in [5.41, 5.74) is 1.35. The molecule has 2 aromatic carbocycles. The number of halogens is 1. The van der Waals surface area contributed by atoms with Gasteiger partial charge in [-0.05, 0) is 65.9 Å². The summed E-state index contributed by atoms with van der Waals surface area (Å²) >= 11 is 1.35. The van der Waals surface area contributed by atoms with Gasteiger partial charge in [0.05, 0.1) is 10.9 Å². The molecule has 0 amide bonds. The first-order valence-electron chi connectivity index (χ1n) is 7.94. The highest BCUT2D eigenvalue weighted by atomic mass is 32.2. The third-order valence-electron chi connectivity index (χ3n) is 3.70. The molecule has 0 unspecified atom stereocenters. The molecule has 0 radical (unpaired) electrons. The summed E-state index contributed by atoms with van der Waals surface area (Å²) in [6, 6.07) is 12.4. The van der Waals surface area contributed by atoms with Gasteiger partial charge in [0.25, 0.3) is 0 Å². The minimum atomic E-state index is -0.330. The fourth-order valence-corrected chi connectivity index (χ4v) is 3.16. The van der Waals surface area contributed by atoms with E-state index in [4.69, 9.17) is 4.42 Å². The van der Waals surface area contributed by atoms with Gasteiger partial charge < -0.3 is 9.52 Å². The number of hydrogen-bond donors (Lipinski definition) is 1. The Labute approximate surface area is 157 Å². The van der Waals surface area contributed by atoms with Gasteiger partial charge in [0, 0.05) is 5.56 Å². The molecule has 4 aromatic rings. The number of rotatable bonds is 5. The second-order valence-electron chi connectivity index (χ2n) is 5.60. The largest absolute Gasteiger partial charge is 0.508 e. The zero-order valence-electron chi connectivity index (χ0n) is 14.0. The first kappa shape index (κ1) is 17.2. The van der Waals surface area contributed by atoms with Gasteiger partial charge in [0.15, 0.2) is 0 Å². The Bertz CT molecular complexity index is 1050. The predicted octanol–water partition coefficient (Wildman–Crippen LogP) is 3.41. The maximum Gasteiger partial charge on any atom is 0.247 e. The van der Waals surface area contributed by atoms with E-state index in [1.165, 1.54) is 23.9 Å². The van der Waals surface area contributed by atoms with Gasteiger partial charge in [0.2, 0.25) is 16.9 Å². The molecule has 136 valence electrons. The highest BCUT2D eigenvalue weighted by molar-refractivity contribution is 7.99. The zero-order valence-corrected chi connectivity index (χ0v) is 14.8. The van der Waals surface area contributed by atoms with Crippen molar-refractivity contribution in [3.8, 4) is 22.9 Å².